The number of benzene rings is 2. The first-order chi connectivity index (χ1) is 9.22. The molecule has 2 aromatic rings. The fourth-order valence-corrected chi connectivity index (χ4v) is 2.27. The minimum atomic E-state index is -0.717. The summed E-state index contributed by atoms with van der Waals surface area (Å²) in [6.45, 7) is 1.92. The van der Waals surface area contributed by atoms with Gasteiger partial charge in [0.2, 0.25) is 0 Å². The molecule has 0 amide bonds. The maximum Gasteiger partial charge on any atom is 0.306 e. The van der Waals surface area contributed by atoms with Crippen molar-refractivity contribution in [3.63, 3.8) is 0 Å². The summed E-state index contributed by atoms with van der Waals surface area (Å²) < 4.78 is 0. The molecule has 19 heavy (non-hydrogen) atoms. The second-order valence-electron chi connectivity index (χ2n) is 4.67. The zero-order chi connectivity index (χ0) is 13.7. The van der Waals surface area contributed by atoms with E-state index in [4.69, 9.17) is 0 Å². The lowest BCUT2D eigenvalue weighted by molar-refractivity contribution is -0.141. The Balaban J connectivity index is 2.34. The minimum Gasteiger partial charge on any atom is -0.481 e. The quantitative estimate of drug-likeness (QED) is 0.875. The summed E-state index contributed by atoms with van der Waals surface area (Å²) in [4.78, 5) is 11.2. The molecule has 2 rings (SSSR count). The van der Waals surface area contributed by atoms with Crippen LogP contribution in [0.15, 0.2) is 54.6 Å². The summed E-state index contributed by atoms with van der Waals surface area (Å²) in [5.74, 6) is -1.03. The number of carboxylic acids is 1. The van der Waals surface area contributed by atoms with Gasteiger partial charge in [-0.3, -0.25) is 4.79 Å². The van der Waals surface area contributed by atoms with Crippen molar-refractivity contribution in [1.82, 2.24) is 0 Å². The van der Waals surface area contributed by atoms with Gasteiger partial charge >= 0.3 is 5.97 Å². The van der Waals surface area contributed by atoms with Crippen LogP contribution < -0.4 is 0 Å². The van der Waals surface area contributed by atoms with Crippen molar-refractivity contribution >= 4 is 5.97 Å². The van der Waals surface area contributed by atoms with Gasteiger partial charge < -0.3 is 5.11 Å². The zero-order valence-electron chi connectivity index (χ0n) is 11.0. The lowest BCUT2D eigenvalue weighted by Crippen LogP contribution is -2.15. The maximum absolute atomic E-state index is 11.2. The third kappa shape index (κ3) is 3.22. The van der Waals surface area contributed by atoms with E-state index in [2.05, 4.69) is 18.2 Å². The van der Waals surface area contributed by atoms with Gasteiger partial charge in [-0.1, -0.05) is 61.5 Å². The summed E-state index contributed by atoms with van der Waals surface area (Å²) >= 11 is 0. The molecule has 2 aromatic carbocycles. The van der Waals surface area contributed by atoms with E-state index in [0.29, 0.717) is 12.8 Å². The van der Waals surface area contributed by atoms with Crippen LogP contribution in [0, 0.1) is 5.92 Å². The van der Waals surface area contributed by atoms with E-state index in [0.717, 1.165) is 16.7 Å². The Morgan fingerprint density at radius 2 is 1.68 bits per heavy atom. The lowest BCUT2D eigenvalue weighted by atomic mass is 9.91. The highest BCUT2D eigenvalue weighted by Crippen LogP contribution is 2.26. The van der Waals surface area contributed by atoms with Gasteiger partial charge in [-0.25, -0.2) is 0 Å². The van der Waals surface area contributed by atoms with Crippen molar-refractivity contribution in [3.05, 3.63) is 60.2 Å². The van der Waals surface area contributed by atoms with Crippen LogP contribution in [0.2, 0.25) is 0 Å². The van der Waals surface area contributed by atoms with Gasteiger partial charge in [0, 0.05) is 0 Å². The Morgan fingerprint density at radius 1 is 1.05 bits per heavy atom. The molecule has 0 aromatic heterocycles. The fourth-order valence-electron chi connectivity index (χ4n) is 2.27. The second-order valence-corrected chi connectivity index (χ2v) is 4.67. The largest absolute Gasteiger partial charge is 0.481 e. The van der Waals surface area contributed by atoms with Crippen molar-refractivity contribution in [1.29, 1.82) is 0 Å². The summed E-state index contributed by atoms with van der Waals surface area (Å²) in [5.41, 5.74) is 3.36. The van der Waals surface area contributed by atoms with Gasteiger partial charge in [0.25, 0.3) is 0 Å². The molecule has 0 aliphatic carbocycles. The van der Waals surface area contributed by atoms with E-state index in [9.17, 15) is 9.90 Å². The molecule has 0 bridgehead atoms. The van der Waals surface area contributed by atoms with Crippen LogP contribution in [0.4, 0.5) is 0 Å². The predicted octanol–water partition coefficient (Wildman–Crippen LogP) is 4.01. The molecule has 0 saturated heterocycles. The van der Waals surface area contributed by atoms with E-state index >= 15 is 0 Å². The summed E-state index contributed by atoms with van der Waals surface area (Å²) in [6.07, 6.45) is 1.23. The first-order valence-electron chi connectivity index (χ1n) is 6.58. The number of rotatable bonds is 5. The second kappa shape index (κ2) is 6.19. The molecule has 0 spiro atoms. The van der Waals surface area contributed by atoms with E-state index in [1.54, 1.807) is 0 Å². The van der Waals surface area contributed by atoms with Crippen molar-refractivity contribution in [3.8, 4) is 11.1 Å². The third-order valence-corrected chi connectivity index (χ3v) is 3.41. The van der Waals surface area contributed by atoms with E-state index in [1.807, 2.05) is 43.3 Å². The molecule has 0 heterocycles. The number of aliphatic carboxylic acids is 1. The number of hydrogen-bond donors (Lipinski definition) is 1. The topological polar surface area (TPSA) is 37.3 Å². The van der Waals surface area contributed by atoms with Crippen molar-refractivity contribution in [2.45, 2.75) is 19.8 Å². The number of carbonyl (C=O) groups is 1. The van der Waals surface area contributed by atoms with Gasteiger partial charge in [-0.05, 0) is 29.5 Å². The monoisotopic (exact) mass is 254 g/mol. The van der Waals surface area contributed by atoms with Crippen LogP contribution in [-0.4, -0.2) is 11.1 Å². The van der Waals surface area contributed by atoms with Gasteiger partial charge in [-0.15, -0.1) is 0 Å². The normalized spacial score (nSPS) is 12.1. The lowest BCUT2D eigenvalue weighted by Gasteiger charge is -2.14. The highest BCUT2D eigenvalue weighted by atomic mass is 16.4. The molecular formula is C17H18O2. The van der Waals surface area contributed by atoms with Crippen LogP contribution in [0.3, 0.4) is 0 Å². The summed E-state index contributed by atoms with van der Waals surface area (Å²) in [6, 6.07) is 18.1. The van der Waals surface area contributed by atoms with Gasteiger partial charge in [0.15, 0.2) is 0 Å². The van der Waals surface area contributed by atoms with Crippen molar-refractivity contribution in [2.75, 3.05) is 0 Å². The van der Waals surface area contributed by atoms with Gasteiger partial charge in [0.05, 0.1) is 5.92 Å². The molecule has 2 heteroatoms. The zero-order valence-corrected chi connectivity index (χ0v) is 11.0. The van der Waals surface area contributed by atoms with Crippen molar-refractivity contribution < 1.29 is 9.90 Å². The predicted molar refractivity (Wildman–Crippen MR) is 77.0 cm³/mol. The fraction of sp³-hybridized carbons (Fsp3) is 0.235. The average molecular weight is 254 g/mol. The Kier molecular flexibility index (Phi) is 4.35. The Labute approximate surface area is 113 Å². The molecule has 1 N–H and O–H groups in total. The molecule has 0 radical (unpaired) electrons. The van der Waals surface area contributed by atoms with Gasteiger partial charge in [-0.2, -0.15) is 0 Å². The first-order valence-corrected chi connectivity index (χ1v) is 6.58. The Morgan fingerprint density at radius 3 is 2.32 bits per heavy atom. The maximum atomic E-state index is 11.2. The molecule has 2 nitrogen and oxygen atoms in total. The van der Waals surface area contributed by atoms with Crippen LogP contribution in [0.5, 0.6) is 0 Å². The first kappa shape index (κ1) is 13.3. The average Bonchev–Trinajstić information content (AvgIpc) is 2.45. The summed E-state index contributed by atoms with van der Waals surface area (Å²) in [7, 11) is 0. The van der Waals surface area contributed by atoms with Gasteiger partial charge in [0.1, 0.15) is 0 Å². The standard InChI is InChI=1S/C17H18O2/c1-2-13(17(18)19)12-15-10-6-7-11-16(15)14-8-4-3-5-9-14/h3-11,13H,2,12H2,1H3,(H,18,19). The van der Waals surface area contributed by atoms with E-state index in [-0.39, 0.29) is 5.92 Å². The minimum absolute atomic E-state index is 0.315. The Hall–Kier alpha value is -2.09. The van der Waals surface area contributed by atoms with Crippen LogP contribution in [0.25, 0.3) is 11.1 Å². The molecule has 0 aliphatic rings. The SMILES string of the molecule is CCC(Cc1ccccc1-c1ccccc1)C(=O)O. The molecule has 0 aliphatic heterocycles. The van der Waals surface area contributed by atoms with Crippen molar-refractivity contribution in [2.24, 2.45) is 5.92 Å². The third-order valence-electron chi connectivity index (χ3n) is 3.41. The van der Waals surface area contributed by atoms with Crippen LogP contribution in [0.1, 0.15) is 18.9 Å². The van der Waals surface area contributed by atoms with Crippen LogP contribution >= 0.6 is 0 Å². The molecular weight excluding hydrogens is 236 g/mol. The molecule has 98 valence electrons. The summed E-state index contributed by atoms with van der Waals surface area (Å²) in [5, 5.41) is 9.20. The van der Waals surface area contributed by atoms with E-state index < -0.39 is 5.97 Å². The molecule has 0 fully saturated rings. The van der Waals surface area contributed by atoms with Crippen LogP contribution in [-0.2, 0) is 11.2 Å². The number of carboxylic acid groups (broad SMARTS) is 1. The van der Waals surface area contributed by atoms with E-state index in [1.165, 1.54) is 0 Å². The highest BCUT2D eigenvalue weighted by molar-refractivity contribution is 5.72. The smallest absolute Gasteiger partial charge is 0.306 e. The highest BCUT2D eigenvalue weighted by Gasteiger charge is 2.17. The molecule has 1 atom stereocenters. The Bertz CT molecular complexity index is 546. The number of hydrogen-bond acceptors (Lipinski definition) is 1. The molecule has 0 saturated carbocycles. The molecule has 1 unspecified atom stereocenters.